The lowest BCUT2D eigenvalue weighted by Crippen LogP contribution is -2.17. The first kappa shape index (κ1) is 24.2. The van der Waals surface area contributed by atoms with Gasteiger partial charge in [0, 0.05) is 21.7 Å². The van der Waals surface area contributed by atoms with Crippen molar-refractivity contribution in [2.45, 2.75) is 36.3 Å². The topological polar surface area (TPSA) is 107 Å². The van der Waals surface area contributed by atoms with Gasteiger partial charge in [0.2, 0.25) is 0 Å². The standard InChI is InChI=1S/C23H23N3O5S3/c1-4-31-19(27)12-13-32-22-20-21(24-23(28)26(20)14(2)15(3)33-22)25-34(29,30)18-11-7-9-16-8-5-6-10-17(16)18/h5-11H,4,12-13H2,1-3H3,(H,24,25,28). The number of thioether (sulfide) groups is 1. The van der Waals surface area contributed by atoms with Crippen LogP contribution in [0.2, 0.25) is 0 Å². The number of imidazole rings is 1. The zero-order valence-corrected chi connectivity index (χ0v) is 21.3. The first-order valence-electron chi connectivity index (χ1n) is 10.5. The van der Waals surface area contributed by atoms with Crippen molar-refractivity contribution in [1.82, 2.24) is 9.55 Å². The van der Waals surface area contributed by atoms with Gasteiger partial charge in [-0.25, -0.2) is 13.2 Å². The van der Waals surface area contributed by atoms with Gasteiger partial charge < -0.3 is 4.74 Å². The van der Waals surface area contributed by atoms with Crippen LogP contribution in [0.25, 0.3) is 16.5 Å². The quantitative estimate of drug-likeness (QED) is 0.273. The molecule has 0 radical (unpaired) electrons. The Kier molecular flexibility index (Phi) is 6.96. The number of hydrogen-bond acceptors (Lipinski definition) is 8. The van der Waals surface area contributed by atoms with Crippen molar-refractivity contribution in [2.75, 3.05) is 17.1 Å². The Bertz CT molecular complexity index is 1500. The highest BCUT2D eigenvalue weighted by Gasteiger charge is 2.27. The van der Waals surface area contributed by atoms with Gasteiger partial charge in [-0.1, -0.05) is 36.4 Å². The minimum absolute atomic E-state index is 0.0316. The molecule has 0 saturated heterocycles. The fourth-order valence-electron chi connectivity index (χ4n) is 3.56. The molecule has 0 saturated carbocycles. The summed E-state index contributed by atoms with van der Waals surface area (Å²) in [4.78, 5) is 29.5. The zero-order valence-electron chi connectivity index (χ0n) is 18.8. The van der Waals surface area contributed by atoms with Crippen LogP contribution in [0.5, 0.6) is 0 Å². The van der Waals surface area contributed by atoms with Crippen LogP contribution in [0.1, 0.15) is 23.9 Å². The molecule has 0 aliphatic carbocycles. The number of nitrogens with zero attached hydrogens (tertiary/aromatic N) is 2. The van der Waals surface area contributed by atoms with Crippen molar-refractivity contribution in [3.8, 4) is 5.69 Å². The average Bonchev–Trinajstić information content (AvgIpc) is 3.12. The maximum absolute atomic E-state index is 13.4. The Labute approximate surface area is 205 Å². The van der Waals surface area contributed by atoms with E-state index in [1.165, 1.54) is 33.7 Å². The van der Waals surface area contributed by atoms with Crippen LogP contribution in [0.4, 0.5) is 5.82 Å². The molecule has 0 bridgehead atoms. The Morgan fingerprint density at radius 3 is 2.68 bits per heavy atom. The smallest absolute Gasteiger partial charge is 0.354 e. The number of anilines is 1. The first-order valence-corrected chi connectivity index (χ1v) is 13.8. The monoisotopic (exact) mass is 517 g/mol. The number of benzene rings is 2. The number of fused-ring (bicyclic) bond motifs is 2. The van der Waals surface area contributed by atoms with Crippen LogP contribution < -0.4 is 10.4 Å². The van der Waals surface area contributed by atoms with Gasteiger partial charge >= 0.3 is 11.7 Å². The lowest BCUT2D eigenvalue weighted by atomic mass is 10.1. The highest BCUT2D eigenvalue weighted by atomic mass is 32.2. The van der Waals surface area contributed by atoms with Gasteiger partial charge in [-0.15, -0.1) is 23.1 Å². The lowest BCUT2D eigenvalue weighted by molar-refractivity contribution is -0.142. The van der Waals surface area contributed by atoms with Gasteiger partial charge in [-0.3, -0.25) is 14.1 Å². The van der Waals surface area contributed by atoms with E-state index < -0.39 is 15.7 Å². The normalized spacial score (nSPS) is 11.7. The maximum atomic E-state index is 13.4. The van der Waals surface area contributed by atoms with Gasteiger partial charge in [-0.05, 0) is 32.2 Å². The number of hydrogen-bond donors (Lipinski definition) is 1. The zero-order chi connectivity index (χ0) is 24.5. The molecule has 34 heavy (non-hydrogen) atoms. The van der Waals surface area contributed by atoms with Gasteiger partial charge in [0.15, 0.2) is 5.82 Å². The SMILES string of the molecule is CCOC(=O)CCSc1sc(C)c(C)n2c(=O)nc(NS(=O)(=O)c3cccc4ccccc34)c1-2. The fraction of sp³-hybridized carbons (Fsp3) is 0.261. The number of aryl methyl sites for hydroxylation is 1. The molecule has 8 nitrogen and oxygen atoms in total. The fourth-order valence-corrected chi connectivity index (χ4v) is 7.24. The van der Waals surface area contributed by atoms with E-state index >= 15 is 0 Å². The number of carbonyl (C=O) groups is 1. The molecule has 1 N–H and O–H groups in total. The minimum Gasteiger partial charge on any atom is -0.466 e. The second kappa shape index (κ2) is 9.77. The number of nitrogens with one attached hydrogen (secondary N) is 1. The molecule has 0 fully saturated rings. The summed E-state index contributed by atoms with van der Waals surface area (Å²) in [6.07, 6.45) is 0.194. The van der Waals surface area contributed by atoms with Gasteiger partial charge in [0.05, 0.1) is 22.1 Å². The highest BCUT2D eigenvalue weighted by Crippen LogP contribution is 2.39. The third-order valence-electron chi connectivity index (χ3n) is 5.25. The maximum Gasteiger partial charge on any atom is 0.354 e. The predicted octanol–water partition coefficient (Wildman–Crippen LogP) is 4.35. The third-order valence-corrected chi connectivity index (χ3v) is 9.09. The van der Waals surface area contributed by atoms with Crippen molar-refractivity contribution < 1.29 is 17.9 Å². The molecule has 2 aromatic rings. The molecule has 11 heteroatoms. The summed E-state index contributed by atoms with van der Waals surface area (Å²) in [6.45, 7) is 5.73. The van der Waals surface area contributed by atoms with E-state index in [4.69, 9.17) is 4.74 Å². The molecular weight excluding hydrogens is 494 g/mol. The first-order chi connectivity index (χ1) is 16.2. The summed E-state index contributed by atoms with van der Waals surface area (Å²) in [5.74, 6) is 0.0771. The van der Waals surface area contributed by atoms with Crippen molar-refractivity contribution in [3.63, 3.8) is 0 Å². The average molecular weight is 518 g/mol. The Balaban J connectivity index is 1.75. The summed E-state index contributed by atoms with van der Waals surface area (Å²) in [6, 6.07) is 12.2. The van der Waals surface area contributed by atoms with Crippen molar-refractivity contribution in [3.05, 3.63) is 63.5 Å². The van der Waals surface area contributed by atoms with Crippen molar-refractivity contribution in [2.24, 2.45) is 0 Å². The molecule has 178 valence electrons. The molecule has 2 aromatic carbocycles. The molecule has 0 atom stereocenters. The molecular formula is C23H23N3O5S3. The molecule has 0 spiro atoms. The van der Waals surface area contributed by atoms with E-state index in [-0.39, 0.29) is 23.1 Å². The number of sulfonamides is 1. The number of carbonyl (C=O) groups excluding carboxylic acids is 1. The van der Waals surface area contributed by atoms with Crippen LogP contribution in [-0.4, -0.2) is 36.3 Å². The summed E-state index contributed by atoms with van der Waals surface area (Å²) in [5.41, 5.74) is 0.505. The Hall–Kier alpha value is -2.89. The van der Waals surface area contributed by atoms with E-state index in [1.807, 2.05) is 25.1 Å². The van der Waals surface area contributed by atoms with Crippen LogP contribution >= 0.6 is 23.1 Å². The lowest BCUT2D eigenvalue weighted by Gasteiger charge is -2.16. The van der Waals surface area contributed by atoms with Gasteiger partial charge in [-0.2, -0.15) is 4.98 Å². The molecule has 0 amide bonds. The Morgan fingerprint density at radius 1 is 1.18 bits per heavy atom. The van der Waals surface area contributed by atoms with E-state index in [1.54, 1.807) is 32.0 Å². The van der Waals surface area contributed by atoms with Crippen LogP contribution in [0, 0.1) is 13.8 Å². The van der Waals surface area contributed by atoms with Crippen LogP contribution in [0.15, 0.2) is 56.4 Å². The molecule has 2 heterocycles. The number of esters is 1. The largest absolute Gasteiger partial charge is 0.466 e. The molecule has 0 aromatic heterocycles. The van der Waals surface area contributed by atoms with Crippen LogP contribution in [0.3, 0.4) is 0 Å². The minimum atomic E-state index is -4.04. The van der Waals surface area contributed by atoms with Gasteiger partial charge in [0.25, 0.3) is 10.0 Å². The summed E-state index contributed by atoms with van der Waals surface area (Å²) in [7, 11) is -4.04. The molecule has 4 rings (SSSR count). The van der Waals surface area contributed by atoms with Crippen LogP contribution in [-0.2, 0) is 19.6 Å². The van der Waals surface area contributed by atoms with E-state index in [0.717, 1.165) is 10.3 Å². The predicted molar refractivity (Wildman–Crippen MR) is 135 cm³/mol. The summed E-state index contributed by atoms with van der Waals surface area (Å²) >= 11 is 2.79. The number of rotatable bonds is 8. The Morgan fingerprint density at radius 2 is 1.91 bits per heavy atom. The summed E-state index contributed by atoms with van der Waals surface area (Å²) in [5, 5.41) is 1.36. The van der Waals surface area contributed by atoms with E-state index in [9.17, 15) is 18.0 Å². The second-order valence-corrected chi connectivity index (χ2v) is 11.7. The molecule has 2 aliphatic rings. The van der Waals surface area contributed by atoms with Crippen molar-refractivity contribution >= 4 is 55.7 Å². The molecule has 0 unspecified atom stereocenters. The summed E-state index contributed by atoms with van der Waals surface area (Å²) < 4.78 is 36.4. The van der Waals surface area contributed by atoms with Crippen molar-refractivity contribution in [1.29, 1.82) is 0 Å². The van der Waals surface area contributed by atoms with E-state index in [2.05, 4.69) is 9.71 Å². The number of ether oxygens (including phenoxy) is 1. The van der Waals surface area contributed by atoms with Gasteiger partial charge in [0.1, 0.15) is 5.69 Å². The van der Waals surface area contributed by atoms with E-state index in [0.29, 0.717) is 33.3 Å². The highest BCUT2D eigenvalue weighted by molar-refractivity contribution is 8.01. The number of aromatic nitrogens is 2. The molecule has 2 aliphatic heterocycles. The third kappa shape index (κ3) is 4.68. The second-order valence-electron chi connectivity index (χ2n) is 7.44.